The largest absolute Gasteiger partial charge is 0.389 e. The summed E-state index contributed by atoms with van der Waals surface area (Å²) in [5.41, 5.74) is 7.54. The van der Waals surface area contributed by atoms with Crippen LogP contribution in [0.15, 0.2) is 18.2 Å². The van der Waals surface area contributed by atoms with Crippen molar-refractivity contribution < 1.29 is 0 Å². The number of nitrogens with two attached hydrogens (primary N) is 1. The summed E-state index contributed by atoms with van der Waals surface area (Å²) in [4.78, 5) is 0.385. The third-order valence-corrected chi connectivity index (χ3v) is 4.05. The average Bonchev–Trinajstić information content (AvgIpc) is 2.46. The number of halogens is 1. The summed E-state index contributed by atoms with van der Waals surface area (Å²) >= 11 is 11.0. The molecule has 0 fully saturated rings. The minimum Gasteiger partial charge on any atom is -0.389 e. The van der Waals surface area contributed by atoms with Crippen molar-refractivity contribution in [1.82, 2.24) is 0 Å². The van der Waals surface area contributed by atoms with E-state index in [1.165, 1.54) is 51.4 Å². The fourth-order valence-corrected chi connectivity index (χ4v) is 2.70. The molecule has 0 amide bonds. The molecule has 21 heavy (non-hydrogen) atoms. The first-order chi connectivity index (χ1) is 10.1. The Hall–Kier alpha value is -0.800. The smallest absolute Gasteiger partial charge is 0.106 e. The van der Waals surface area contributed by atoms with Crippen LogP contribution in [0.5, 0.6) is 0 Å². The lowest BCUT2D eigenvalue weighted by molar-refractivity contribution is 0.581. The van der Waals surface area contributed by atoms with Crippen LogP contribution in [-0.2, 0) is 0 Å². The Morgan fingerprint density at radius 3 is 2.33 bits per heavy atom. The van der Waals surface area contributed by atoms with E-state index < -0.39 is 0 Å². The van der Waals surface area contributed by atoms with Crippen LogP contribution in [0.3, 0.4) is 0 Å². The second kappa shape index (κ2) is 10.9. The van der Waals surface area contributed by atoms with Gasteiger partial charge in [-0.1, -0.05) is 75.7 Å². The van der Waals surface area contributed by atoms with Crippen LogP contribution in [-0.4, -0.2) is 11.5 Å². The highest BCUT2D eigenvalue weighted by Crippen LogP contribution is 2.20. The van der Waals surface area contributed by atoms with Gasteiger partial charge in [0.25, 0.3) is 0 Å². The van der Waals surface area contributed by atoms with Gasteiger partial charge in [-0.15, -0.1) is 0 Å². The van der Waals surface area contributed by atoms with Crippen LogP contribution in [0.25, 0.3) is 0 Å². The quantitative estimate of drug-likeness (QED) is 0.415. The molecule has 0 heterocycles. The van der Waals surface area contributed by atoms with E-state index in [9.17, 15) is 0 Å². The second-order valence-corrected chi connectivity index (χ2v) is 6.33. The molecule has 2 nitrogen and oxygen atoms in total. The number of unbranched alkanes of at least 4 members (excludes halogenated alkanes) is 7. The zero-order valence-electron chi connectivity index (χ0n) is 13.0. The highest BCUT2D eigenvalue weighted by Gasteiger charge is 2.05. The summed E-state index contributed by atoms with van der Waals surface area (Å²) in [6, 6.07) is 5.63. The van der Waals surface area contributed by atoms with Gasteiger partial charge in [-0.05, 0) is 24.6 Å². The number of nitrogens with one attached hydrogen (secondary N) is 1. The van der Waals surface area contributed by atoms with Crippen molar-refractivity contribution >= 4 is 34.5 Å². The SMILES string of the molecule is CCCCCCCCCCNc1ccc(Cl)cc1C(N)=S. The zero-order chi connectivity index (χ0) is 15.5. The normalized spacial score (nSPS) is 10.6. The van der Waals surface area contributed by atoms with Gasteiger partial charge in [-0.25, -0.2) is 0 Å². The Bertz CT molecular complexity index is 435. The zero-order valence-corrected chi connectivity index (χ0v) is 14.5. The summed E-state index contributed by atoms with van der Waals surface area (Å²) in [6.07, 6.45) is 10.6. The molecule has 3 N–H and O–H groups in total. The first-order valence-electron chi connectivity index (χ1n) is 7.98. The third-order valence-electron chi connectivity index (χ3n) is 3.59. The first kappa shape index (κ1) is 18.2. The summed E-state index contributed by atoms with van der Waals surface area (Å²) in [6.45, 7) is 3.20. The molecule has 0 unspecified atom stereocenters. The summed E-state index contributed by atoms with van der Waals surface area (Å²) in [7, 11) is 0. The van der Waals surface area contributed by atoms with E-state index in [0.717, 1.165) is 17.8 Å². The van der Waals surface area contributed by atoms with Crippen LogP contribution in [0.2, 0.25) is 5.02 Å². The second-order valence-electron chi connectivity index (χ2n) is 5.46. The predicted molar refractivity (Wildman–Crippen MR) is 98.4 cm³/mol. The van der Waals surface area contributed by atoms with Crippen LogP contribution in [0.1, 0.15) is 63.9 Å². The maximum absolute atomic E-state index is 5.97. The van der Waals surface area contributed by atoms with E-state index in [4.69, 9.17) is 29.6 Å². The number of anilines is 1. The molecule has 0 aliphatic carbocycles. The van der Waals surface area contributed by atoms with Crippen molar-refractivity contribution in [3.8, 4) is 0 Å². The molecule has 0 bridgehead atoms. The van der Waals surface area contributed by atoms with E-state index >= 15 is 0 Å². The van der Waals surface area contributed by atoms with Gasteiger partial charge in [0.05, 0.1) is 0 Å². The predicted octanol–water partition coefficient (Wildman–Crippen LogP) is 5.53. The third kappa shape index (κ3) is 7.68. The van der Waals surface area contributed by atoms with Gasteiger partial charge >= 0.3 is 0 Å². The maximum atomic E-state index is 5.97. The molecule has 118 valence electrons. The van der Waals surface area contributed by atoms with E-state index in [1.807, 2.05) is 18.2 Å². The van der Waals surface area contributed by atoms with Crippen molar-refractivity contribution in [2.24, 2.45) is 5.73 Å². The van der Waals surface area contributed by atoms with E-state index in [-0.39, 0.29) is 0 Å². The molecule has 1 aromatic carbocycles. The average molecular weight is 327 g/mol. The van der Waals surface area contributed by atoms with Crippen molar-refractivity contribution in [2.45, 2.75) is 58.3 Å². The minimum absolute atomic E-state index is 0.385. The summed E-state index contributed by atoms with van der Waals surface area (Å²) in [5.74, 6) is 0. The number of thiocarbonyl (C=S) groups is 1. The molecule has 0 aromatic heterocycles. The van der Waals surface area contributed by atoms with Gasteiger partial charge < -0.3 is 11.1 Å². The molecular weight excluding hydrogens is 300 g/mol. The Morgan fingerprint density at radius 2 is 1.71 bits per heavy atom. The van der Waals surface area contributed by atoms with E-state index in [1.54, 1.807) is 0 Å². The fraction of sp³-hybridized carbons (Fsp3) is 0.588. The van der Waals surface area contributed by atoms with Gasteiger partial charge in [0.2, 0.25) is 0 Å². The van der Waals surface area contributed by atoms with E-state index in [0.29, 0.717) is 10.0 Å². The standard InChI is InChI=1S/C17H27ClN2S/c1-2-3-4-5-6-7-8-9-12-20-16-11-10-14(18)13-15(16)17(19)21/h10-11,13,20H,2-9,12H2,1H3,(H2,19,21). The Labute approximate surface area is 139 Å². The van der Waals surface area contributed by atoms with Crippen LogP contribution >= 0.6 is 23.8 Å². The first-order valence-corrected chi connectivity index (χ1v) is 8.77. The molecular formula is C17H27ClN2S. The molecule has 1 aromatic rings. The molecule has 0 aliphatic heterocycles. The lowest BCUT2D eigenvalue weighted by atomic mass is 10.1. The van der Waals surface area contributed by atoms with Gasteiger partial charge in [0, 0.05) is 22.8 Å². The van der Waals surface area contributed by atoms with Crippen LogP contribution in [0.4, 0.5) is 5.69 Å². The monoisotopic (exact) mass is 326 g/mol. The molecule has 0 saturated heterocycles. The van der Waals surface area contributed by atoms with Crippen molar-refractivity contribution in [1.29, 1.82) is 0 Å². The number of benzene rings is 1. The summed E-state index contributed by atoms with van der Waals surface area (Å²) in [5, 5.41) is 4.07. The lowest BCUT2D eigenvalue weighted by Crippen LogP contribution is -2.13. The van der Waals surface area contributed by atoms with Gasteiger partial charge in [-0.2, -0.15) is 0 Å². The minimum atomic E-state index is 0.385. The number of rotatable bonds is 11. The molecule has 0 radical (unpaired) electrons. The van der Waals surface area contributed by atoms with Crippen LogP contribution in [0, 0.1) is 0 Å². The highest BCUT2D eigenvalue weighted by atomic mass is 35.5. The Morgan fingerprint density at radius 1 is 1.10 bits per heavy atom. The van der Waals surface area contributed by atoms with Crippen LogP contribution < -0.4 is 11.1 Å². The lowest BCUT2D eigenvalue weighted by Gasteiger charge is -2.11. The Balaban J connectivity index is 2.20. The van der Waals surface area contributed by atoms with Crippen molar-refractivity contribution in [2.75, 3.05) is 11.9 Å². The van der Waals surface area contributed by atoms with Gasteiger partial charge in [-0.3, -0.25) is 0 Å². The topological polar surface area (TPSA) is 38.0 Å². The highest BCUT2D eigenvalue weighted by molar-refractivity contribution is 7.80. The molecule has 0 aliphatic rings. The van der Waals surface area contributed by atoms with E-state index in [2.05, 4.69) is 12.2 Å². The molecule has 1 rings (SSSR count). The van der Waals surface area contributed by atoms with Gasteiger partial charge in [0.1, 0.15) is 4.99 Å². The maximum Gasteiger partial charge on any atom is 0.106 e. The molecule has 0 spiro atoms. The Kier molecular flexibility index (Phi) is 9.44. The molecule has 4 heteroatoms. The number of hydrogen-bond acceptors (Lipinski definition) is 2. The van der Waals surface area contributed by atoms with Gasteiger partial charge in [0.15, 0.2) is 0 Å². The van der Waals surface area contributed by atoms with Crippen molar-refractivity contribution in [3.63, 3.8) is 0 Å². The molecule has 0 atom stereocenters. The summed E-state index contributed by atoms with van der Waals surface area (Å²) < 4.78 is 0. The molecule has 0 saturated carbocycles. The van der Waals surface area contributed by atoms with Crippen molar-refractivity contribution in [3.05, 3.63) is 28.8 Å². The number of hydrogen-bond donors (Lipinski definition) is 2. The fourth-order valence-electron chi connectivity index (χ4n) is 2.36.